The molecular weight excluding hydrogens is 338 g/mol. The van der Waals surface area contributed by atoms with Gasteiger partial charge in [-0.15, -0.1) is 0 Å². The molecule has 2 aromatic heterocycles. The van der Waals surface area contributed by atoms with Gasteiger partial charge in [0, 0.05) is 38.3 Å². The number of rotatable bonds is 3. The third-order valence-electron chi connectivity index (χ3n) is 5.83. The Hall–Kier alpha value is -2.47. The standard InChI is InChI=1S/C21H25N5O/c1-14-11-17-12-15(3-4-18(17)27-14)13-26-9-5-16(6-10-26)19-20-21(25(2)24-19)23-8-7-22-20/h3-4,7-8,12,14,16H,5-6,9-11,13H2,1-2H3. The van der Waals surface area contributed by atoms with Crippen LogP contribution in [-0.2, 0) is 20.0 Å². The zero-order valence-corrected chi connectivity index (χ0v) is 15.9. The molecule has 27 heavy (non-hydrogen) atoms. The maximum atomic E-state index is 5.82. The molecule has 3 aromatic rings. The second kappa shape index (κ2) is 6.60. The Morgan fingerprint density at radius 3 is 2.81 bits per heavy atom. The zero-order chi connectivity index (χ0) is 18.4. The second-order valence-corrected chi connectivity index (χ2v) is 7.86. The molecule has 2 aliphatic rings. The van der Waals surface area contributed by atoms with Crippen LogP contribution in [0, 0.1) is 0 Å². The topological polar surface area (TPSA) is 56.1 Å². The van der Waals surface area contributed by atoms with Gasteiger partial charge < -0.3 is 4.74 Å². The molecule has 0 saturated carbocycles. The highest BCUT2D eigenvalue weighted by atomic mass is 16.5. The van der Waals surface area contributed by atoms with E-state index in [-0.39, 0.29) is 0 Å². The summed E-state index contributed by atoms with van der Waals surface area (Å²) in [4.78, 5) is 11.5. The summed E-state index contributed by atoms with van der Waals surface area (Å²) in [6.45, 7) is 5.33. The molecule has 1 saturated heterocycles. The fraction of sp³-hybridized carbons (Fsp3) is 0.476. The monoisotopic (exact) mass is 363 g/mol. The minimum atomic E-state index is 0.308. The third-order valence-corrected chi connectivity index (χ3v) is 5.83. The number of fused-ring (bicyclic) bond motifs is 2. The predicted molar refractivity (Wildman–Crippen MR) is 104 cm³/mol. The van der Waals surface area contributed by atoms with Crippen LogP contribution in [0.25, 0.3) is 11.2 Å². The molecular formula is C21H25N5O. The van der Waals surface area contributed by atoms with Gasteiger partial charge in [0.05, 0.1) is 5.69 Å². The number of nitrogens with zero attached hydrogens (tertiary/aromatic N) is 5. The summed E-state index contributed by atoms with van der Waals surface area (Å²) in [5.41, 5.74) is 5.70. The summed E-state index contributed by atoms with van der Waals surface area (Å²) in [6.07, 6.45) is 7.07. The molecule has 1 aromatic carbocycles. The van der Waals surface area contributed by atoms with Gasteiger partial charge in [-0.2, -0.15) is 5.10 Å². The Kier molecular flexibility index (Phi) is 4.08. The SMILES string of the molecule is CC1Cc2cc(CN3CCC(c4nn(C)c5nccnc45)CC3)ccc2O1. The fourth-order valence-corrected chi connectivity index (χ4v) is 4.48. The van der Waals surface area contributed by atoms with Crippen LogP contribution in [0.3, 0.4) is 0 Å². The first kappa shape index (κ1) is 16.7. The number of benzene rings is 1. The number of piperidine rings is 1. The van der Waals surface area contributed by atoms with Crippen molar-refractivity contribution < 1.29 is 4.74 Å². The molecule has 6 heteroatoms. The Balaban J connectivity index is 1.26. The highest BCUT2D eigenvalue weighted by Gasteiger charge is 2.26. The molecule has 1 atom stereocenters. The lowest BCUT2D eigenvalue weighted by Gasteiger charge is -2.31. The van der Waals surface area contributed by atoms with Gasteiger partial charge in [0.15, 0.2) is 5.65 Å². The van der Waals surface area contributed by atoms with E-state index in [1.165, 1.54) is 11.1 Å². The molecule has 0 aliphatic carbocycles. The highest BCUT2D eigenvalue weighted by Crippen LogP contribution is 2.33. The van der Waals surface area contributed by atoms with Crippen LogP contribution < -0.4 is 4.74 Å². The molecule has 1 fully saturated rings. The Morgan fingerprint density at radius 2 is 1.96 bits per heavy atom. The molecule has 6 nitrogen and oxygen atoms in total. The van der Waals surface area contributed by atoms with Crippen molar-refractivity contribution >= 4 is 11.2 Å². The van der Waals surface area contributed by atoms with Gasteiger partial charge in [0.25, 0.3) is 0 Å². The van der Waals surface area contributed by atoms with Crippen LogP contribution in [0.2, 0.25) is 0 Å². The molecule has 0 spiro atoms. The van der Waals surface area contributed by atoms with Crippen molar-refractivity contribution in [2.24, 2.45) is 7.05 Å². The van der Waals surface area contributed by atoms with Crippen LogP contribution >= 0.6 is 0 Å². The molecule has 0 bridgehead atoms. The van der Waals surface area contributed by atoms with Crippen molar-refractivity contribution in [1.82, 2.24) is 24.6 Å². The molecule has 0 radical (unpaired) electrons. The first-order valence-corrected chi connectivity index (χ1v) is 9.82. The van der Waals surface area contributed by atoms with E-state index in [1.54, 1.807) is 12.4 Å². The molecule has 0 amide bonds. The van der Waals surface area contributed by atoms with E-state index in [1.807, 2.05) is 11.7 Å². The lowest BCUT2D eigenvalue weighted by Crippen LogP contribution is -2.32. The van der Waals surface area contributed by atoms with Crippen molar-refractivity contribution in [3.05, 3.63) is 47.4 Å². The normalized spacial score (nSPS) is 20.7. The van der Waals surface area contributed by atoms with Crippen molar-refractivity contribution in [1.29, 1.82) is 0 Å². The van der Waals surface area contributed by atoms with Gasteiger partial charge >= 0.3 is 0 Å². The largest absolute Gasteiger partial charge is 0.490 e. The summed E-state index contributed by atoms with van der Waals surface area (Å²) >= 11 is 0. The first-order valence-electron chi connectivity index (χ1n) is 9.82. The van der Waals surface area contributed by atoms with Crippen LogP contribution in [0.1, 0.15) is 42.5 Å². The lowest BCUT2D eigenvalue weighted by molar-refractivity contribution is 0.203. The average molecular weight is 363 g/mol. The molecule has 5 rings (SSSR count). The van der Waals surface area contributed by atoms with E-state index >= 15 is 0 Å². The summed E-state index contributed by atoms with van der Waals surface area (Å²) < 4.78 is 7.68. The van der Waals surface area contributed by atoms with Gasteiger partial charge in [-0.3, -0.25) is 4.90 Å². The van der Waals surface area contributed by atoms with Crippen LogP contribution in [-0.4, -0.2) is 43.8 Å². The predicted octanol–water partition coefficient (Wildman–Crippen LogP) is 3.07. The first-order chi connectivity index (χ1) is 13.2. The van der Waals surface area contributed by atoms with Gasteiger partial charge in [0.1, 0.15) is 17.4 Å². The highest BCUT2D eigenvalue weighted by molar-refractivity contribution is 5.73. The number of aromatic nitrogens is 4. The van der Waals surface area contributed by atoms with Crippen molar-refractivity contribution in [3.8, 4) is 5.75 Å². The minimum Gasteiger partial charge on any atom is -0.490 e. The van der Waals surface area contributed by atoms with Crippen LogP contribution in [0.15, 0.2) is 30.6 Å². The Labute approximate surface area is 159 Å². The molecule has 140 valence electrons. The number of hydrogen-bond donors (Lipinski definition) is 0. The van der Waals surface area contributed by atoms with Crippen molar-refractivity contribution in [2.75, 3.05) is 13.1 Å². The molecule has 4 heterocycles. The Morgan fingerprint density at radius 1 is 1.15 bits per heavy atom. The minimum absolute atomic E-state index is 0.308. The number of likely N-dealkylation sites (tertiary alicyclic amines) is 1. The average Bonchev–Trinajstić information content (AvgIpc) is 3.22. The van der Waals surface area contributed by atoms with Crippen LogP contribution in [0.5, 0.6) is 5.75 Å². The summed E-state index contributed by atoms with van der Waals surface area (Å²) in [5.74, 6) is 1.53. The number of aryl methyl sites for hydroxylation is 1. The van der Waals surface area contributed by atoms with Crippen LogP contribution in [0.4, 0.5) is 0 Å². The summed E-state index contributed by atoms with van der Waals surface area (Å²) in [6, 6.07) is 6.68. The van der Waals surface area contributed by atoms with E-state index in [2.05, 4.69) is 40.0 Å². The van der Waals surface area contributed by atoms with E-state index in [0.29, 0.717) is 12.0 Å². The second-order valence-electron chi connectivity index (χ2n) is 7.86. The quantitative estimate of drug-likeness (QED) is 0.716. The van der Waals surface area contributed by atoms with Crippen molar-refractivity contribution in [2.45, 2.75) is 44.8 Å². The summed E-state index contributed by atoms with van der Waals surface area (Å²) in [5, 5.41) is 4.73. The Bertz CT molecular complexity index is 974. The maximum absolute atomic E-state index is 5.82. The third kappa shape index (κ3) is 3.08. The molecule has 0 N–H and O–H groups in total. The van der Waals surface area contributed by atoms with Gasteiger partial charge in [-0.1, -0.05) is 12.1 Å². The number of hydrogen-bond acceptors (Lipinski definition) is 5. The van der Waals surface area contributed by atoms with E-state index in [9.17, 15) is 0 Å². The smallest absolute Gasteiger partial charge is 0.176 e. The molecule has 2 aliphatic heterocycles. The number of ether oxygens (including phenoxy) is 1. The molecule has 1 unspecified atom stereocenters. The van der Waals surface area contributed by atoms with Gasteiger partial charge in [-0.05, 0) is 50.0 Å². The van der Waals surface area contributed by atoms with Crippen molar-refractivity contribution in [3.63, 3.8) is 0 Å². The van der Waals surface area contributed by atoms with Gasteiger partial charge in [0.2, 0.25) is 0 Å². The summed E-state index contributed by atoms with van der Waals surface area (Å²) in [7, 11) is 1.95. The van der Waals surface area contributed by atoms with E-state index < -0.39 is 0 Å². The lowest BCUT2D eigenvalue weighted by atomic mass is 9.92. The zero-order valence-electron chi connectivity index (χ0n) is 15.9. The van der Waals surface area contributed by atoms with E-state index in [0.717, 1.165) is 61.5 Å². The maximum Gasteiger partial charge on any atom is 0.176 e. The van der Waals surface area contributed by atoms with Gasteiger partial charge in [-0.25, -0.2) is 14.6 Å². The van der Waals surface area contributed by atoms with E-state index in [4.69, 9.17) is 9.84 Å². The fourth-order valence-electron chi connectivity index (χ4n) is 4.48.